The Morgan fingerprint density at radius 2 is 1.70 bits per heavy atom. The van der Waals surface area contributed by atoms with Gasteiger partial charge in [0, 0.05) is 24.0 Å². The van der Waals surface area contributed by atoms with E-state index in [4.69, 9.17) is 9.97 Å². The maximum Gasteiger partial charge on any atom is 0.187 e. The van der Waals surface area contributed by atoms with Crippen LogP contribution >= 0.6 is 11.3 Å². The molecular weight excluding hydrogens is 388 g/mol. The van der Waals surface area contributed by atoms with Crippen molar-refractivity contribution in [2.45, 2.75) is 64.0 Å². The molecule has 0 atom stereocenters. The molecule has 1 aliphatic heterocycles. The first-order chi connectivity index (χ1) is 14.8. The second kappa shape index (κ2) is 9.03. The van der Waals surface area contributed by atoms with Crippen LogP contribution in [0.5, 0.6) is 0 Å². The number of aromatic nitrogens is 2. The number of benzene rings is 1. The van der Waals surface area contributed by atoms with Gasteiger partial charge >= 0.3 is 0 Å². The first kappa shape index (κ1) is 20.0. The van der Waals surface area contributed by atoms with Crippen molar-refractivity contribution in [3.63, 3.8) is 0 Å². The fourth-order valence-electron chi connectivity index (χ4n) is 5.22. The fourth-order valence-corrected chi connectivity index (χ4v) is 6.18. The summed E-state index contributed by atoms with van der Waals surface area (Å²) in [5.74, 6) is 2.18. The smallest absolute Gasteiger partial charge is 0.187 e. The van der Waals surface area contributed by atoms with Gasteiger partial charge in [0.15, 0.2) is 5.82 Å². The van der Waals surface area contributed by atoms with E-state index >= 15 is 0 Å². The van der Waals surface area contributed by atoms with Gasteiger partial charge in [-0.05, 0) is 37.7 Å². The third-order valence-electron chi connectivity index (χ3n) is 6.97. The summed E-state index contributed by atoms with van der Waals surface area (Å²) in [5.41, 5.74) is 2.55. The molecule has 1 saturated carbocycles. The summed E-state index contributed by atoms with van der Waals surface area (Å²) in [5, 5.41) is 3.53. The Hall–Kier alpha value is -1.98. The lowest BCUT2D eigenvalue weighted by Gasteiger charge is -2.33. The van der Waals surface area contributed by atoms with Gasteiger partial charge in [-0.3, -0.25) is 0 Å². The van der Waals surface area contributed by atoms with E-state index < -0.39 is 0 Å². The highest BCUT2D eigenvalue weighted by atomic mass is 32.1. The quantitative estimate of drug-likeness (QED) is 0.648. The van der Waals surface area contributed by atoms with E-state index in [9.17, 15) is 0 Å². The molecule has 4 nitrogen and oxygen atoms in total. The Kier molecular flexibility index (Phi) is 6.00. The molecule has 2 fully saturated rings. The fraction of sp³-hybridized carbons (Fsp3) is 0.520. The Labute approximate surface area is 184 Å². The number of thiophene rings is 1. The third kappa shape index (κ3) is 4.10. The number of piperidine rings is 1. The summed E-state index contributed by atoms with van der Waals surface area (Å²) in [6, 6.07) is 11.3. The number of anilines is 1. The molecule has 1 aromatic carbocycles. The summed E-state index contributed by atoms with van der Waals surface area (Å²) in [6.07, 6.45) is 10.7. The van der Waals surface area contributed by atoms with Crippen molar-refractivity contribution in [3.05, 3.63) is 41.5 Å². The van der Waals surface area contributed by atoms with Gasteiger partial charge < -0.3 is 9.80 Å². The van der Waals surface area contributed by atoms with Gasteiger partial charge in [-0.2, -0.15) is 0 Å². The van der Waals surface area contributed by atoms with Gasteiger partial charge in [0.1, 0.15) is 17.2 Å². The van der Waals surface area contributed by atoms with Gasteiger partial charge in [-0.1, -0.05) is 49.6 Å². The average molecular weight is 422 g/mol. The Morgan fingerprint density at radius 3 is 2.47 bits per heavy atom. The zero-order valence-electron chi connectivity index (χ0n) is 18.1. The number of hydrogen-bond acceptors (Lipinski definition) is 4. The molecular formula is C25H33N4S+. The van der Waals surface area contributed by atoms with Gasteiger partial charge in [0.25, 0.3) is 0 Å². The van der Waals surface area contributed by atoms with Gasteiger partial charge in [0.05, 0.1) is 18.5 Å². The molecule has 1 aliphatic carbocycles. The third-order valence-corrected chi connectivity index (χ3v) is 7.84. The predicted octanol–water partition coefficient (Wildman–Crippen LogP) is 4.70. The number of likely N-dealkylation sites (tertiary alicyclic amines) is 1. The second-order valence-electron chi connectivity index (χ2n) is 9.05. The van der Waals surface area contributed by atoms with Crippen molar-refractivity contribution in [1.82, 2.24) is 9.97 Å². The van der Waals surface area contributed by atoms with Crippen LogP contribution in [0, 0.1) is 0 Å². The van der Waals surface area contributed by atoms with Crippen molar-refractivity contribution < 1.29 is 4.90 Å². The van der Waals surface area contributed by atoms with Crippen LogP contribution < -0.4 is 9.80 Å². The van der Waals surface area contributed by atoms with Gasteiger partial charge in [0.2, 0.25) is 0 Å². The molecule has 158 valence electrons. The molecule has 3 heterocycles. The Morgan fingerprint density at radius 1 is 0.967 bits per heavy atom. The molecule has 1 N–H and O–H groups in total. The van der Waals surface area contributed by atoms with E-state index in [0.29, 0.717) is 6.04 Å². The number of hydrogen-bond donors (Lipinski definition) is 1. The molecule has 0 unspecified atom stereocenters. The van der Waals surface area contributed by atoms with E-state index in [1.165, 1.54) is 81.0 Å². The van der Waals surface area contributed by atoms with Crippen LogP contribution in [0.3, 0.4) is 0 Å². The van der Waals surface area contributed by atoms with E-state index in [2.05, 4.69) is 47.7 Å². The molecule has 1 saturated heterocycles. The molecule has 2 aromatic heterocycles. The monoisotopic (exact) mass is 421 g/mol. The first-order valence-corrected chi connectivity index (χ1v) is 12.6. The van der Waals surface area contributed by atoms with Crippen LogP contribution in [0.2, 0.25) is 0 Å². The lowest BCUT2D eigenvalue weighted by molar-refractivity contribution is -0.919. The van der Waals surface area contributed by atoms with Gasteiger partial charge in [-0.25, -0.2) is 9.97 Å². The zero-order valence-corrected chi connectivity index (χ0v) is 18.9. The van der Waals surface area contributed by atoms with Crippen LogP contribution in [-0.4, -0.2) is 36.1 Å². The van der Waals surface area contributed by atoms with Crippen LogP contribution in [-0.2, 0) is 6.54 Å². The number of rotatable bonds is 5. The number of nitrogens with one attached hydrogen (secondary N) is 1. The molecule has 3 aromatic rings. The molecule has 0 bridgehead atoms. The van der Waals surface area contributed by atoms with E-state index in [0.717, 1.165) is 23.0 Å². The molecule has 5 rings (SSSR count). The minimum atomic E-state index is 0.593. The molecule has 0 spiro atoms. The molecule has 2 aliphatic rings. The van der Waals surface area contributed by atoms with E-state index in [-0.39, 0.29) is 0 Å². The standard InChI is InChI=1S/C25H32N4S/c1-28(20-13-7-3-8-14-20)24-23-21(19-11-5-2-6-12-19)18-30-25(23)27-22(26-24)17-29-15-9-4-10-16-29/h2,5-6,11-12,18,20H,3-4,7-10,13-17H2,1H3/p+1. The van der Waals surface area contributed by atoms with Crippen LogP contribution in [0.1, 0.15) is 57.2 Å². The van der Waals surface area contributed by atoms with Crippen molar-refractivity contribution >= 4 is 27.4 Å². The topological polar surface area (TPSA) is 33.5 Å². The van der Waals surface area contributed by atoms with Crippen molar-refractivity contribution in [2.75, 3.05) is 25.0 Å². The second-order valence-corrected chi connectivity index (χ2v) is 9.91. The van der Waals surface area contributed by atoms with Crippen molar-refractivity contribution in [1.29, 1.82) is 0 Å². The Balaban J connectivity index is 1.57. The first-order valence-electron chi connectivity index (χ1n) is 11.7. The summed E-state index contributed by atoms with van der Waals surface area (Å²) in [7, 11) is 2.27. The summed E-state index contributed by atoms with van der Waals surface area (Å²) in [6.45, 7) is 3.48. The molecule has 30 heavy (non-hydrogen) atoms. The lowest BCUT2D eigenvalue weighted by atomic mass is 9.94. The lowest BCUT2D eigenvalue weighted by Crippen LogP contribution is -3.11. The maximum absolute atomic E-state index is 5.23. The minimum Gasteiger partial charge on any atom is -0.356 e. The molecule has 0 amide bonds. The van der Waals surface area contributed by atoms with Crippen LogP contribution in [0.15, 0.2) is 35.7 Å². The zero-order chi connectivity index (χ0) is 20.3. The number of fused-ring (bicyclic) bond motifs is 1. The highest BCUT2D eigenvalue weighted by molar-refractivity contribution is 7.17. The van der Waals surface area contributed by atoms with Crippen LogP contribution in [0.4, 0.5) is 5.82 Å². The minimum absolute atomic E-state index is 0.593. The van der Waals surface area contributed by atoms with Crippen LogP contribution in [0.25, 0.3) is 21.3 Å². The summed E-state index contributed by atoms with van der Waals surface area (Å²) < 4.78 is 0. The predicted molar refractivity (Wildman–Crippen MR) is 126 cm³/mol. The number of quaternary nitrogens is 1. The van der Waals surface area contributed by atoms with Crippen molar-refractivity contribution in [3.8, 4) is 11.1 Å². The molecule has 5 heteroatoms. The van der Waals surface area contributed by atoms with Crippen molar-refractivity contribution in [2.24, 2.45) is 0 Å². The SMILES string of the molecule is CN(c1nc(C[NH+]2CCCCC2)nc2scc(-c3ccccc3)c12)C1CCCCC1. The maximum atomic E-state index is 5.23. The summed E-state index contributed by atoms with van der Waals surface area (Å²) in [4.78, 5) is 15.6. The van der Waals surface area contributed by atoms with E-state index in [1.807, 2.05) is 0 Å². The molecule has 0 radical (unpaired) electrons. The van der Waals surface area contributed by atoms with E-state index in [1.54, 1.807) is 16.2 Å². The number of nitrogens with zero attached hydrogens (tertiary/aromatic N) is 3. The summed E-state index contributed by atoms with van der Waals surface area (Å²) >= 11 is 1.78. The highest BCUT2D eigenvalue weighted by Gasteiger charge is 2.25. The van der Waals surface area contributed by atoms with Gasteiger partial charge in [-0.15, -0.1) is 11.3 Å². The normalized spacial score (nSPS) is 18.7. The highest BCUT2D eigenvalue weighted by Crippen LogP contribution is 2.39. The average Bonchev–Trinajstić information content (AvgIpc) is 3.24. The largest absolute Gasteiger partial charge is 0.356 e. The Bertz CT molecular complexity index is 971.